The van der Waals surface area contributed by atoms with Crippen LogP contribution in [0.5, 0.6) is 0 Å². The van der Waals surface area contributed by atoms with Gasteiger partial charge >= 0.3 is 11.9 Å². The lowest BCUT2D eigenvalue weighted by Gasteiger charge is -2.07. The largest absolute Gasteiger partial charge is 0.427 e. The maximum absolute atomic E-state index is 11.4. The van der Waals surface area contributed by atoms with Gasteiger partial charge in [0.25, 0.3) is 0 Å². The van der Waals surface area contributed by atoms with Crippen LogP contribution >= 0.6 is 12.4 Å². The zero-order chi connectivity index (χ0) is 12.0. The van der Waals surface area contributed by atoms with Gasteiger partial charge < -0.3 is 15.2 Å². The predicted molar refractivity (Wildman–Crippen MR) is 63.7 cm³/mol. The van der Waals surface area contributed by atoms with Gasteiger partial charge in [0.15, 0.2) is 0 Å². The average molecular weight is 260 g/mol. The molecule has 0 aliphatic rings. The van der Waals surface area contributed by atoms with Crippen LogP contribution in [0.25, 0.3) is 0 Å². The number of halogens is 1. The maximum atomic E-state index is 11.4. The average Bonchev–Trinajstić information content (AvgIpc) is 2.29. The van der Waals surface area contributed by atoms with Crippen LogP contribution in [0.2, 0.25) is 0 Å². The van der Waals surface area contributed by atoms with Crippen LogP contribution < -0.4 is 5.73 Å². The molecule has 2 N–H and O–H groups in total. The van der Waals surface area contributed by atoms with Crippen LogP contribution in [0.1, 0.15) is 17.3 Å². The van der Waals surface area contributed by atoms with E-state index in [2.05, 4.69) is 4.74 Å². The molecule has 0 heterocycles. The maximum Gasteiger partial charge on any atom is 0.340 e. The van der Waals surface area contributed by atoms with Crippen molar-refractivity contribution in [3.63, 3.8) is 0 Å². The van der Waals surface area contributed by atoms with Gasteiger partial charge in [0, 0.05) is 0 Å². The van der Waals surface area contributed by atoms with Crippen molar-refractivity contribution in [3.8, 4) is 0 Å². The molecular weight excluding hydrogens is 246 g/mol. The van der Waals surface area contributed by atoms with Crippen LogP contribution in [0.4, 0.5) is 0 Å². The Balaban J connectivity index is 0.00000256. The van der Waals surface area contributed by atoms with E-state index in [1.165, 1.54) is 6.92 Å². The summed E-state index contributed by atoms with van der Waals surface area (Å²) in [4.78, 5) is 22.3. The molecular formula is C11H14ClNO4. The van der Waals surface area contributed by atoms with E-state index in [-0.39, 0.29) is 12.4 Å². The minimum atomic E-state index is -0.726. The number of carbonyl (C=O) groups excluding carboxylic acids is 2. The molecule has 0 aliphatic carbocycles. The monoisotopic (exact) mass is 259 g/mol. The normalized spacial score (nSPS) is 10.9. The first-order chi connectivity index (χ1) is 7.61. The lowest BCUT2D eigenvalue weighted by Crippen LogP contribution is -2.29. The van der Waals surface area contributed by atoms with E-state index in [4.69, 9.17) is 10.5 Å². The molecule has 94 valence electrons. The van der Waals surface area contributed by atoms with Crippen molar-refractivity contribution in [3.05, 3.63) is 35.9 Å². The Labute approximate surface area is 105 Å². The Kier molecular flexibility index (Phi) is 6.93. The molecule has 0 amide bonds. The highest BCUT2D eigenvalue weighted by atomic mass is 35.5. The molecule has 0 fully saturated rings. The van der Waals surface area contributed by atoms with Crippen molar-refractivity contribution >= 4 is 24.3 Å². The second-order valence-electron chi connectivity index (χ2n) is 3.17. The summed E-state index contributed by atoms with van der Waals surface area (Å²) in [5.74, 6) is -1.15. The minimum absolute atomic E-state index is 0. The molecule has 0 unspecified atom stereocenters. The first kappa shape index (κ1) is 15.4. The Bertz CT molecular complexity index is 367. The standard InChI is InChI=1S/C11H13NO4.ClH/c1-8(12)10(13)15-7-16-11(14)9-5-3-2-4-6-9;/h2-6,8H,7,12H2,1H3;1H/t8-;/m0./s1. The first-order valence-corrected chi connectivity index (χ1v) is 4.75. The molecule has 0 aliphatic heterocycles. The molecule has 5 nitrogen and oxygen atoms in total. The molecule has 0 bridgehead atoms. The van der Waals surface area contributed by atoms with Crippen molar-refractivity contribution in [1.29, 1.82) is 0 Å². The quantitative estimate of drug-likeness (QED) is 0.647. The highest BCUT2D eigenvalue weighted by molar-refractivity contribution is 5.89. The third-order valence-corrected chi connectivity index (χ3v) is 1.77. The fourth-order valence-corrected chi connectivity index (χ4v) is 0.930. The van der Waals surface area contributed by atoms with Crippen molar-refractivity contribution in [1.82, 2.24) is 0 Å². The fraction of sp³-hybridized carbons (Fsp3) is 0.273. The number of hydrogen-bond acceptors (Lipinski definition) is 5. The second-order valence-corrected chi connectivity index (χ2v) is 3.17. The zero-order valence-corrected chi connectivity index (χ0v) is 10.1. The molecule has 0 saturated heterocycles. The summed E-state index contributed by atoms with van der Waals surface area (Å²) >= 11 is 0. The third-order valence-electron chi connectivity index (χ3n) is 1.77. The third kappa shape index (κ3) is 5.33. The van der Waals surface area contributed by atoms with E-state index in [1.807, 2.05) is 0 Å². The summed E-state index contributed by atoms with van der Waals surface area (Å²) < 4.78 is 9.30. The summed E-state index contributed by atoms with van der Waals surface area (Å²) in [5.41, 5.74) is 5.65. The van der Waals surface area contributed by atoms with Gasteiger partial charge in [-0.1, -0.05) is 18.2 Å². The number of carbonyl (C=O) groups is 2. The van der Waals surface area contributed by atoms with Gasteiger partial charge in [0.1, 0.15) is 6.04 Å². The second kappa shape index (κ2) is 7.65. The highest BCUT2D eigenvalue weighted by Gasteiger charge is 2.10. The molecule has 6 heteroatoms. The Morgan fingerprint density at radius 3 is 2.35 bits per heavy atom. The molecule has 0 spiro atoms. The van der Waals surface area contributed by atoms with E-state index in [0.29, 0.717) is 5.56 Å². The van der Waals surface area contributed by atoms with E-state index >= 15 is 0 Å². The lowest BCUT2D eigenvalue weighted by molar-refractivity contribution is -0.153. The Morgan fingerprint density at radius 1 is 1.24 bits per heavy atom. The summed E-state index contributed by atoms with van der Waals surface area (Å²) in [6.45, 7) is 1.06. The predicted octanol–water partition coefficient (Wildman–Crippen LogP) is 1.11. The van der Waals surface area contributed by atoms with Crippen LogP contribution in [-0.4, -0.2) is 24.8 Å². The van der Waals surface area contributed by atoms with Crippen molar-refractivity contribution in [2.75, 3.05) is 6.79 Å². The van der Waals surface area contributed by atoms with Gasteiger partial charge in [-0.25, -0.2) is 4.79 Å². The molecule has 17 heavy (non-hydrogen) atoms. The van der Waals surface area contributed by atoms with Gasteiger partial charge in [-0.3, -0.25) is 4.79 Å². The molecule has 0 saturated carbocycles. The highest BCUT2D eigenvalue weighted by Crippen LogP contribution is 2.00. The summed E-state index contributed by atoms with van der Waals surface area (Å²) in [7, 11) is 0. The van der Waals surface area contributed by atoms with Crippen molar-refractivity contribution < 1.29 is 19.1 Å². The molecule has 1 atom stereocenters. The number of benzene rings is 1. The van der Waals surface area contributed by atoms with Crippen molar-refractivity contribution in [2.45, 2.75) is 13.0 Å². The number of ether oxygens (including phenoxy) is 2. The summed E-state index contributed by atoms with van der Waals surface area (Å²) in [6.07, 6.45) is 0. The fourth-order valence-electron chi connectivity index (χ4n) is 0.930. The summed E-state index contributed by atoms with van der Waals surface area (Å²) in [6, 6.07) is 7.70. The number of rotatable bonds is 4. The van der Waals surface area contributed by atoms with E-state index in [0.717, 1.165) is 0 Å². The molecule has 1 rings (SSSR count). The number of esters is 2. The van der Waals surface area contributed by atoms with Gasteiger partial charge in [-0.05, 0) is 19.1 Å². The van der Waals surface area contributed by atoms with E-state index in [1.54, 1.807) is 30.3 Å². The van der Waals surface area contributed by atoms with Gasteiger partial charge in [-0.15, -0.1) is 12.4 Å². The van der Waals surface area contributed by atoms with E-state index < -0.39 is 24.8 Å². The summed E-state index contributed by atoms with van der Waals surface area (Å²) in [5, 5.41) is 0. The van der Waals surface area contributed by atoms with Gasteiger partial charge in [0.05, 0.1) is 5.56 Å². The lowest BCUT2D eigenvalue weighted by atomic mass is 10.2. The van der Waals surface area contributed by atoms with Crippen LogP contribution in [0.3, 0.4) is 0 Å². The topological polar surface area (TPSA) is 78.6 Å². The van der Waals surface area contributed by atoms with Gasteiger partial charge in [-0.2, -0.15) is 0 Å². The number of hydrogen-bond donors (Lipinski definition) is 1. The van der Waals surface area contributed by atoms with Gasteiger partial charge in [0.2, 0.25) is 6.79 Å². The Morgan fingerprint density at radius 2 is 1.82 bits per heavy atom. The SMILES string of the molecule is C[C@H](N)C(=O)OCOC(=O)c1ccccc1.Cl. The molecule has 1 aromatic rings. The first-order valence-electron chi connectivity index (χ1n) is 4.75. The van der Waals surface area contributed by atoms with E-state index in [9.17, 15) is 9.59 Å². The van der Waals surface area contributed by atoms with Crippen LogP contribution in [-0.2, 0) is 14.3 Å². The smallest absolute Gasteiger partial charge is 0.340 e. The molecule has 1 aromatic carbocycles. The van der Waals surface area contributed by atoms with Crippen LogP contribution in [0, 0.1) is 0 Å². The molecule has 0 aromatic heterocycles. The van der Waals surface area contributed by atoms with Crippen molar-refractivity contribution in [2.24, 2.45) is 5.73 Å². The number of nitrogens with two attached hydrogens (primary N) is 1. The molecule has 0 radical (unpaired) electrons. The van der Waals surface area contributed by atoms with Crippen LogP contribution in [0.15, 0.2) is 30.3 Å². The minimum Gasteiger partial charge on any atom is -0.427 e. The zero-order valence-electron chi connectivity index (χ0n) is 9.29. The Hall–Kier alpha value is -1.59.